The fourth-order valence-electron chi connectivity index (χ4n) is 1.62. The fourth-order valence-corrected chi connectivity index (χ4v) is 2.26. The van der Waals surface area contributed by atoms with E-state index in [2.05, 4.69) is 10.4 Å². The molecule has 0 atom stereocenters. The number of carbonyl (C=O) groups excluding carboxylic acids is 1. The van der Waals surface area contributed by atoms with Crippen molar-refractivity contribution in [3.8, 4) is 0 Å². The largest absolute Gasteiger partial charge is 0.350 e. The first-order valence-electron chi connectivity index (χ1n) is 5.80. The number of aromatic nitrogens is 2. The number of nitrogens with zero attached hydrogens (tertiary/aromatic N) is 2. The maximum absolute atomic E-state index is 12.0. The monoisotopic (exact) mass is 295 g/mol. The molecule has 1 aromatic carbocycles. The molecule has 0 bridgehead atoms. The molecule has 0 aliphatic rings. The Hall–Kier alpha value is -1.46. The summed E-state index contributed by atoms with van der Waals surface area (Å²) in [6, 6.07) is 7.29. The summed E-state index contributed by atoms with van der Waals surface area (Å²) in [7, 11) is 0. The van der Waals surface area contributed by atoms with Crippen molar-refractivity contribution < 1.29 is 4.79 Å². The molecule has 1 N–H and O–H groups in total. The highest BCUT2D eigenvalue weighted by Gasteiger charge is 2.10. The second-order valence-electron chi connectivity index (χ2n) is 3.87. The Kier molecular flexibility index (Phi) is 4.87. The molecule has 0 unspecified atom stereocenters. The van der Waals surface area contributed by atoms with E-state index < -0.39 is 0 Å². The van der Waals surface area contributed by atoms with Crippen LogP contribution in [0.5, 0.6) is 0 Å². The van der Waals surface area contributed by atoms with Gasteiger partial charge in [0.1, 0.15) is 0 Å². The minimum Gasteiger partial charge on any atom is -0.350 e. The second kappa shape index (κ2) is 6.63. The van der Waals surface area contributed by atoms with Gasteiger partial charge in [-0.05, 0) is 30.5 Å². The minimum atomic E-state index is -0.159. The second-order valence-corrected chi connectivity index (χ2v) is 5.16. The van der Waals surface area contributed by atoms with Gasteiger partial charge < -0.3 is 5.32 Å². The molecule has 0 aliphatic carbocycles. The predicted molar refractivity (Wildman–Crippen MR) is 77.8 cm³/mol. The summed E-state index contributed by atoms with van der Waals surface area (Å²) >= 11 is 7.62. The lowest BCUT2D eigenvalue weighted by Gasteiger charge is -2.08. The highest BCUT2D eigenvalue weighted by Crippen LogP contribution is 2.22. The quantitative estimate of drug-likeness (QED) is 0.863. The van der Waals surface area contributed by atoms with Crippen molar-refractivity contribution in [2.45, 2.75) is 11.4 Å². The summed E-state index contributed by atoms with van der Waals surface area (Å²) in [5.74, 6) is -0.159. The van der Waals surface area contributed by atoms with E-state index in [1.54, 1.807) is 34.8 Å². The van der Waals surface area contributed by atoms with Gasteiger partial charge in [0.25, 0.3) is 5.91 Å². The summed E-state index contributed by atoms with van der Waals surface area (Å²) in [5.41, 5.74) is 0.508. The average Bonchev–Trinajstić information content (AvgIpc) is 2.92. The fraction of sp³-hybridized carbons (Fsp3) is 0.231. The lowest BCUT2D eigenvalue weighted by atomic mass is 10.2. The molecule has 100 valence electrons. The zero-order valence-corrected chi connectivity index (χ0v) is 12.0. The Morgan fingerprint density at radius 1 is 1.53 bits per heavy atom. The van der Waals surface area contributed by atoms with E-state index >= 15 is 0 Å². The summed E-state index contributed by atoms with van der Waals surface area (Å²) in [6.07, 6.45) is 5.52. The van der Waals surface area contributed by atoms with Crippen molar-refractivity contribution in [3.63, 3.8) is 0 Å². The molecule has 0 aliphatic heterocycles. The first-order valence-corrected chi connectivity index (χ1v) is 7.40. The number of nitrogens with one attached hydrogen (secondary N) is 1. The van der Waals surface area contributed by atoms with Crippen molar-refractivity contribution >= 4 is 29.3 Å². The van der Waals surface area contributed by atoms with Crippen LogP contribution in [-0.4, -0.2) is 28.5 Å². The maximum Gasteiger partial charge on any atom is 0.252 e. The molecular weight excluding hydrogens is 282 g/mol. The Bertz CT molecular complexity index is 557. The van der Waals surface area contributed by atoms with Crippen molar-refractivity contribution in [2.24, 2.45) is 0 Å². The zero-order chi connectivity index (χ0) is 13.7. The van der Waals surface area contributed by atoms with Crippen molar-refractivity contribution in [3.05, 3.63) is 47.2 Å². The van der Waals surface area contributed by atoms with Gasteiger partial charge >= 0.3 is 0 Å². The third-order valence-electron chi connectivity index (χ3n) is 2.60. The van der Waals surface area contributed by atoms with E-state index in [0.29, 0.717) is 23.7 Å². The molecule has 19 heavy (non-hydrogen) atoms. The van der Waals surface area contributed by atoms with Crippen LogP contribution in [0.3, 0.4) is 0 Å². The Morgan fingerprint density at radius 3 is 3.05 bits per heavy atom. The van der Waals surface area contributed by atoms with Crippen molar-refractivity contribution in [2.75, 3.05) is 12.8 Å². The lowest BCUT2D eigenvalue weighted by molar-refractivity contribution is 0.0952. The number of benzene rings is 1. The average molecular weight is 296 g/mol. The number of thioether (sulfide) groups is 1. The van der Waals surface area contributed by atoms with Crippen LogP contribution in [0.25, 0.3) is 0 Å². The number of hydrogen-bond donors (Lipinski definition) is 1. The number of hydrogen-bond acceptors (Lipinski definition) is 3. The van der Waals surface area contributed by atoms with E-state index in [1.807, 2.05) is 24.6 Å². The van der Waals surface area contributed by atoms with E-state index in [1.165, 1.54) is 0 Å². The Labute approximate surface area is 121 Å². The molecule has 0 saturated heterocycles. The molecule has 1 heterocycles. The molecule has 1 amide bonds. The standard InChI is InChI=1S/C13H14ClN3OS/c1-19-10-3-4-12(14)11(9-10)13(18)15-6-8-17-7-2-5-16-17/h2-5,7,9H,6,8H2,1H3,(H,15,18). The minimum absolute atomic E-state index is 0.159. The first kappa shape index (κ1) is 14.0. The number of carbonyl (C=O) groups is 1. The molecule has 0 radical (unpaired) electrons. The molecule has 1 aromatic heterocycles. The van der Waals surface area contributed by atoms with Crippen molar-refractivity contribution in [1.82, 2.24) is 15.1 Å². The number of rotatable bonds is 5. The van der Waals surface area contributed by atoms with Crippen LogP contribution in [0.15, 0.2) is 41.6 Å². The number of amides is 1. The van der Waals surface area contributed by atoms with Gasteiger partial charge in [-0.25, -0.2) is 0 Å². The molecule has 2 rings (SSSR count). The predicted octanol–water partition coefficient (Wildman–Crippen LogP) is 2.69. The van der Waals surface area contributed by atoms with Crippen LogP contribution in [-0.2, 0) is 6.54 Å². The highest BCUT2D eigenvalue weighted by atomic mass is 35.5. The van der Waals surface area contributed by atoms with Gasteiger partial charge in [0.2, 0.25) is 0 Å². The zero-order valence-electron chi connectivity index (χ0n) is 10.5. The van der Waals surface area contributed by atoms with Crippen LogP contribution < -0.4 is 5.32 Å². The van der Waals surface area contributed by atoms with Gasteiger partial charge in [0.05, 0.1) is 17.1 Å². The van der Waals surface area contributed by atoms with E-state index in [9.17, 15) is 4.79 Å². The molecular formula is C13H14ClN3OS. The van der Waals surface area contributed by atoms with Crippen LogP contribution in [0.4, 0.5) is 0 Å². The molecule has 0 spiro atoms. The highest BCUT2D eigenvalue weighted by molar-refractivity contribution is 7.98. The van der Waals surface area contributed by atoms with Crippen LogP contribution >= 0.6 is 23.4 Å². The third kappa shape index (κ3) is 3.75. The molecule has 2 aromatic rings. The van der Waals surface area contributed by atoms with Crippen LogP contribution in [0, 0.1) is 0 Å². The summed E-state index contributed by atoms with van der Waals surface area (Å²) in [4.78, 5) is 13.0. The van der Waals surface area contributed by atoms with Crippen LogP contribution in [0.1, 0.15) is 10.4 Å². The molecule has 0 saturated carbocycles. The maximum atomic E-state index is 12.0. The van der Waals surface area contributed by atoms with Gasteiger partial charge in [-0.1, -0.05) is 11.6 Å². The SMILES string of the molecule is CSc1ccc(Cl)c(C(=O)NCCn2cccn2)c1. The summed E-state index contributed by atoms with van der Waals surface area (Å²) in [6.45, 7) is 1.15. The van der Waals surface area contributed by atoms with Gasteiger partial charge in [-0.2, -0.15) is 5.10 Å². The molecule has 0 fully saturated rings. The van der Waals surface area contributed by atoms with E-state index in [0.717, 1.165) is 4.90 Å². The normalized spacial score (nSPS) is 10.4. The Balaban J connectivity index is 1.95. The molecule has 4 nitrogen and oxygen atoms in total. The molecule has 6 heteroatoms. The van der Waals surface area contributed by atoms with E-state index in [4.69, 9.17) is 11.6 Å². The topological polar surface area (TPSA) is 46.9 Å². The Morgan fingerprint density at radius 2 is 2.37 bits per heavy atom. The van der Waals surface area contributed by atoms with Gasteiger partial charge in [-0.15, -0.1) is 11.8 Å². The third-order valence-corrected chi connectivity index (χ3v) is 3.66. The lowest BCUT2D eigenvalue weighted by Crippen LogP contribution is -2.27. The smallest absolute Gasteiger partial charge is 0.252 e. The van der Waals surface area contributed by atoms with Gasteiger partial charge in [0.15, 0.2) is 0 Å². The van der Waals surface area contributed by atoms with Crippen LogP contribution in [0.2, 0.25) is 5.02 Å². The summed E-state index contributed by atoms with van der Waals surface area (Å²) in [5, 5.41) is 7.37. The van der Waals surface area contributed by atoms with E-state index in [-0.39, 0.29) is 5.91 Å². The van der Waals surface area contributed by atoms with Crippen molar-refractivity contribution in [1.29, 1.82) is 0 Å². The van der Waals surface area contributed by atoms with Gasteiger partial charge in [0, 0.05) is 23.8 Å². The number of halogens is 1. The first-order chi connectivity index (χ1) is 9.20. The van der Waals surface area contributed by atoms with Gasteiger partial charge in [-0.3, -0.25) is 9.48 Å². The summed E-state index contributed by atoms with van der Waals surface area (Å²) < 4.78 is 1.76.